The van der Waals surface area contributed by atoms with Crippen LogP contribution in [0, 0.1) is 0 Å². The van der Waals surface area contributed by atoms with Crippen molar-refractivity contribution in [1.29, 1.82) is 0 Å². The smallest absolute Gasteiger partial charge is 0.369 e. The zero-order chi connectivity index (χ0) is 68.0. The lowest BCUT2D eigenvalue weighted by molar-refractivity contribution is -0.185. The van der Waals surface area contributed by atoms with E-state index in [1.165, 1.54) is 24.3 Å². The van der Waals surface area contributed by atoms with Gasteiger partial charge < -0.3 is 28.4 Å². The van der Waals surface area contributed by atoms with Gasteiger partial charge in [-0.05, 0) is 138 Å². The summed E-state index contributed by atoms with van der Waals surface area (Å²) >= 11 is 1.78. The average Bonchev–Trinajstić information content (AvgIpc) is 1.36. The fourth-order valence-electron chi connectivity index (χ4n) is 13.2. The molecule has 0 amide bonds. The van der Waals surface area contributed by atoms with Gasteiger partial charge in [0.05, 0.1) is 20.9 Å². The van der Waals surface area contributed by atoms with Crippen LogP contribution in [0.25, 0.3) is 76.1 Å². The van der Waals surface area contributed by atoms with Crippen molar-refractivity contribution in [2.45, 2.75) is 37.6 Å². The molecule has 100 heavy (non-hydrogen) atoms. The molecule has 0 spiro atoms. The Bertz CT molecular complexity index is 5180. The molecule has 0 bridgehead atoms. The second-order valence-electron chi connectivity index (χ2n) is 24.4. The number of hydrogen-bond acceptors (Lipinski definition) is 18. The van der Waals surface area contributed by atoms with Crippen LogP contribution in [0.1, 0.15) is 85.1 Å². The largest absolute Gasteiger partial charge is 0.458 e. The molecule has 2 aliphatic carbocycles. The molecule has 0 unspecified atom stereocenters. The molecule has 2 aliphatic heterocycles. The molecule has 0 N–H and O–H groups in total. The summed E-state index contributed by atoms with van der Waals surface area (Å²) in [5.41, 5.74) is -3.93. The molecule has 17 rings (SSSR count). The lowest BCUT2D eigenvalue weighted by Gasteiger charge is -2.36. The zero-order valence-electron chi connectivity index (χ0n) is 52.3. The van der Waals surface area contributed by atoms with Gasteiger partial charge in [-0.15, -0.1) is 22.7 Å². The molecule has 482 valence electrons. The lowest BCUT2D eigenvalue weighted by atomic mass is 9.88. The number of rotatable bonds is 14. The summed E-state index contributed by atoms with van der Waals surface area (Å²) in [6.07, 6.45) is 2.61. The quantitative estimate of drug-likeness (QED) is 0.0247. The first-order valence-corrected chi connectivity index (χ1v) is 33.4. The molecular weight excluding hydrogens is 1300 g/mol. The first-order valence-electron chi connectivity index (χ1n) is 31.8. The van der Waals surface area contributed by atoms with Crippen molar-refractivity contribution in [3.8, 4) is 32.4 Å². The van der Waals surface area contributed by atoms with Crippen LogP contribution in [0.15, 0.2) is 242 Å². The van der Waals surface area contributed by atoms with E-state index in [1.54, 1.807) is 146 Å². The minimum absolute atomic E-state index is 0.0265. The number of carbonyl (C=O) groups is 8. The Morgan fingerprint density at radius 1 is 0.330 bits per heavy atom. The third-order valence-corrected chi connectivity index (χ3v) is 20.3. The first kappa shape index (κ1) is 61.0. The van der Waals surface area contributed by atoms with Crippen LogP contribution in [0.5, 0.6) is 11.5 Å². The summed E-state index contributed by atoms with van der Waals surface area (Å²) < 4.78 is 38.2. The lowest BCUT2D eigenvalue weighted by Crippen LogP contribution is -2.53. The van der Waals surface area contributed by atoms with Crippen LogP contribution in [0.4, 0.5) is 0 Å². The maximum atomic E-state index is 15.6. The van der Waals surface area contributed by atoms with Crippen molar-refractivity contribution in [3.05, 3.63) is 308 Å². The topological polar surface area (TPSA) is 218 Å². The van der Waals surface area contributed by atoms with E-state index in [9.17, 15) is 19.2 Å². The Labute approximate surface area is 575 Å². The number of ketones is 4. The predicted octanol–water partition coefficient (Wildman–Crippen LogP) is 15.6. The number of aromatic nitrogens is 2. The Kier molecular flexibility index (Phi) is 14.7. The molecule has 4 aliphatic rings. The highest BCUT2D eigenvalue weighted by molar-refractivity contribution is 7.16. The van der Waals surface area contributed by atoms with E-state index < -0.39 is 58.2 Å². The maximum Gasteiger partial charge on any atom is 0.369 e. The fourth-order valence-corrected chi connectivity index (χ4v) is 15.4. The monoisotopic (exact) mass is 1350 g/mol. The number of esters is 4. The number of thiazole rings is 2. The number of allylic oxidation sites excluding steroid dienone is 2. The number of fused-ring (bicyclic) bond motifs is 12. The minimum atomic E-state index is -2.90. The highest BCUT2D eigenvalue weighted by Gasteiger charge is 2.63. The summed E-state index contributed by atoms with van der Waals surface area (Å²) in [6.45, 7) is -1.40. The van der Waals surface area contributed by atoms with Gasteiger partial charge in [0, 0.05) is 33.4 Å². The Morgan fingerprint density at radius 2 is 0.590 bits per heavy atom. The van der Waals surface area contributed by atoms with Crippen LogP contribution in [-0.4, -0.2) is 57.0 Å². The third-order valence-electron chi connectivity index (χ3n) is 18.2. The van der Waals surface area contributed by atoms with Gasteiger partial charge in [0.1, 0.15) is 59.3 Å². The average molecular weight is 1350 g/mol. The molecular formula is C82H48N2O14S2. The zero-order valence-corrected chi connectivity index (χ0v) is 54.0. The van der Waals surface area contributed by atoms with Gasteiger partial charge in [0.2, 0.25) is 0 Å². The van der Waals surface area contributed by atoms with E-state index in [1.807, 2.05) is 72.8 Å². The van der Waals surface area contributed by atoms with Gasteiger partial charge in [-0.3, -0.25) is 19.2 Å². The molecule has 11 aromatic carbocycles. The van der Waals surface area contributed by atoms with Crippen molar-refractivity contribution in [1.82, 2.24) is 9.97 Å². The van der Waals surface area contributed by atoms with Gasteiger partial charge in [-0.1, -0.05) is 170 Å². The molecule has 0 radical (unpaired) electrons. The summed E-state index contributed by atoms with van der Waals surface area (Å²) in [5, 5.41) is 6.65. The molecule has 16 nitrogen and oxygen atoms in total. The van der Waals surface area contributed by atoms with E-state index in [-0.39, 0.29) is 114 Å². The summed E-state index contributed by atoms with van der Waals surface area (Å²) in [4.78, 5) is 131. The summed E-state index contributed by atoms with van der Waals surface area (Å²) in [5.74, 6) is -7.69. The van der Waals surface area contributed by atoms with Crippen LogP contribution >= 0.6 is 22.7 Å². The number of benzene rings is 11. The van der Waals surface area contributed by atoms with Gasteiger partial charge in [0.15, 0.2) is 23.1 Å². The third kappa shape index (κ3) is 10.3. The van der Waals surface area contributed by atoms with E-state index in [4.69, 9.17) is 38.4 Å². The Morgan fingerprint density at radius 3 is 0.860 bits per heavy atom. The maximum absolute atomic E-state index is 15.6. The Hall–Kier alpha value is -12.6. The summed E-state index contributed by atoms with van der Waals surface area (Å²) in [7, 11) is 0. The van der Waals surface area contributed by atoms with E-state index in [0.717, 1.165) is 65.8 Å². The van der Waals surface area contributed by atoms with Gasteiger partial charge >= 0.3 is 35.1 Å². The van der Waals surface area contributed by atoms with E-state index in [2.05, 4.69) is 0 Å². The van der Waals surface area contributed by atoms with Crippen LogP contribution < -0.4 is 9.47 Å². The number of Topliss-reactive ketones (excluding diaryl/α,β-unsaturated/α-hetero) is 4. The van der Waals surface area contributed by atoms with Gasteiger partial charge in [0.25, 0.3) is 0 Å². The minimum Gasteiger partial charge on any atom is -0.458 e. The SMILES string of the molecule is O=C1C(=Cc2nc3c(s2)-c2cc4c(cc2OC3(C(=O)OCc2ccccc2)C(=O)OCc2ccccc2)-c2sc(C=C3C(=O)c5cc6cc7ccccc7cc6cc5C3=O)nc2C(C(=O)OCc2ccccc2)(C(=O)OCc2ccccc2)O4)C(=O)c2cc3cc4ccccc4cc3cc21. The van der Waals surface area contributed by atoms with Gasteiger partial charge in [-0.25, -0.2) is 29.1 Å². The molecule has 0 saturated heterocycles. The van der Waals surface area contributed by atoms with E-state index >= 15 is 19.2 Å². The number of nitrogens with zero attached hydrogens (tertiary/aromatic N) is 2. The van der Waals surface area contributed by atoms with Crippen molar-refractivity contribution in [2.75, 3.05) is 0 Å². The van der Waals surface area contributed by atoms with Crippen LogP contribution in [-0.2, 0) is 75.8 Å². The molecule has 0 fully saturated rings. The standard InChI is InChI=1S/C82H48N2O14S2/c85-69-57-33-53-29-49-25-13-14-26-50(49)30-54(53)34-58(57)70(86)63(69)39-67-83-75-73(99-67)61-38-66-62(37-65(61)97-81(75,77(89)93-41-45-17-5-1-6-18-45)78(90)94-42-46-19-7-2-8-20-46)74-76(82(98-66,79(91)95-43-47-21-9-3-10-22-47)80(92)96-44-48-23-11-4-12-24-48)84-68(100-74)40-64-71(87)59-35-55-31-51-27-15-16-28-52(51)32-56(55)36-60(59)72(64)88/h1-40H,41-44H2. The first-order chi connectivity index (χ1) is 48.8. The van der Waals surface area contributed by atoms with Crippen molar-refractivity contribution in [3.63, 3.8) is 0 Å². The van der Waals surface area contributed by atoms with E-state index in [0.29, 0.717) is 22.3 Å². The van der Waals surface area contributed by atoms with Crippen molar-refractivity contribution >= 4 is 125 Å². The highest BCUT2D eigenvalue weighted by Crippen LogP contribution is 2.57. The fraction of sp³-hybridized carbons (Fsp3) is 0.0732. The molecule has 0 atom stereocenters. The van der Waals surface area contributed by atoms with Crippen molar-refractivity contribution < 1.29 is 66.8 Å². The normalized spacial score (nSPS) is 14.3. The number of carbonyl (C=O) groups excluding carboxylic acids is 8. The number of ether oxygens (including phenoxy) is 6. The highest BCUT2D eigenvalue weighted by atomic mass is 32.1. The molecule has 4 heterocycles. The number of hydrogen-bond donors (Lipinski definition) is 0. The molecule has 2 aromatic heterocycles. The molecule has 0 saturated carbocycles. The van der Waals surface area contributed by atoms with Gasteiger partial charge in [-0.2, -0.15) is 0 Å². The molecule has 13 aromatic rings. The second-order valence-corrected chi connectivity index (χ2v) is 26.5. The predicted molar refractivity (Wildman–Crippen MR) is 374 cm³/mol. The second kappa shape index (κ2) is 24.2. The van der Waals surface area contributed by atoms with Crippen LogP contribution in [0.3, 0.4) is 0 Å². The molecule has 18 heteroatoms. The van der Waals surface area contributed by atoms with Crippen LogP contribution in [0.2, 0.25) is 0 Å². The van der Waals surface area contributed by atoms with Crippen molar-refractivity contribution in [2.24, 2.45) is 0 Å². The Balaban J connectivity index is 0.848. The summed E-state index contributed by atoms with van der Waals surface area (Å²) in [6, 6.07) is 67.8.